The molecule has 0 saturated heterocycles. The highest BCUT2D eigenvalue weighted by atomic mass is 14.9. The summed E-state index contributed by atoms with van der Waals surface area (Å²) in [6.07, 6.45) is 1.88. The van der Waals surface area contributed by atoms with Crippen LogP contribution in [0.25, 0.3) is 22.4 Å². The minimum absolute atomic E-state index is 0.120. The fourth-order valence-corrected chi connectivity index (χ4v) is 3.19. The van der Waals surface area contributed by atoms with Crippen LogP contribution in [0.2, 0.25) is 0 Å². The van der Waals surface area contributed by atoms with Crippen LogP contribution in [0.3, 0.4) is 0 Å². The van der Waals surface area contributed by atoms with Gasteiger partial charge in [-0.2, -0.15) is 0 Å². The van der Waals surface area contributed by atoms with E-state index < -0.39 is 19.6 Å². The summed E-state index contributed by atoms with van der Waals surface area (Å²) < 4.78 is 58.5. The second kappa shape index (κ2) is 6.84. The van der Waals surface area contributed by atoms with Crippen molar-refractivity contribution in [1.82, 2.24) is 0 Å². The number of nitrogens with zero attached hydrogens (tertiary/aromatic N) is 1. The van der Waals surface area contributed by atoms with Crippen LogP contribution in [0.15, 0.2) is 54.7 Å². The molecule has 128 valence electrons. The third-order valence-corrected chi connectivity index (χ3v) is 4.66. The number of rotatable bonds is 3. The van der Waals surface area contributed by atoms with Crippen molar-refractivity contribution in [3.05, 3.63) is 77.0 Å². The Morgan fingerprint density at radius 3 is 2.44 bits per heavy atom. The van der Waals surface area contributed by atoms with Crippen LogP contribution < -0.4 is 4.57 Å². The maximum atomic E-state index is 8.40. The fraction of sp³-hybridized carbons (Fsp3) is 0.292. The predicted molar refractivity (Wildman–Crippen MR) is 107 cm³/mol. The Labute approximate surface area is 161 Å². The van der Waals surface area contributed by atoms with Gasteiger partial charge in [-0.05, 0) is 66.0 Å². The van der Waals surface area contributed by atoms with Crippen molar-refractivity contribution in [3.63, 3.8) is 0 Å². The summed E-state index contributed by atoms with van der Waals surface area (Å²) in [5.74, 6) is -0.799. The van der Waals surface area contributed by atoms with Crippen molar-refractivity contribution in [3.8, 4) is 22.4 Å². The molecule has 0 N–H and O–H groups in total. The monoisotopic (exact) mass is 337 g/mol. The molecule has 1 aromatic heterocycles. The van der Waals surface area contributed by atoms with E-state index in [0.29, 0.717) is 16.7 Å². The van der Waals surface area contributed by atoms with Crippen LogP contribution in [-0.2, 0) is 7.05 Å². The largest absolute Gasteiger partial charge is 0.212 e. The van der Waals surface area contributed by atoms with Crippen LogP contribution >= 0.6 is 0 Å². The van der Waals surface area contributed by atoms with Crippen molar-refractivity contribution in [2.45, 2.75) is 40.4 Å². The molecule has 0 atom stereocenters. The predicted octanol–water partition coefficient (Wildman–Crippen LogP) is 5.89. The molecule has 3 rings (SSSR count). The fourth-order valence-electron chi connectivity index (χ4n) is 3.19. The zero-order chi connectivity index (χ0) is 24.1. The Morgan fingerprint density at radius 1 is 0.960 bits per heavy atom. The normalized spacial score (nSPS) is 16.7. The number of pyridine rings is 1. The van der Waals surface area contributed by atoms with Gasteiger partial charge in [0.1, 0.15) is 7.05 Å². The van der Waals surface area contributed by atoms with E-state index in [-0.39, 0.29) is 11.1 Å². The van der Waals surface area contributed by atoms with Crippen molar-refractivity contribution in [2.75, 3.05) is 0 Å². The topological polar surface area (TPSA) is 3.88 Å². The van der Waals surface area contributed by atoms with Gasteiger partial charge in [0.2, 0.25) is 5.69 Å². The Bertz CT molecular complexity index is 1150. The highest BCUT2D eigenvalue weighted by Crippen LogP contribution is 2.35. The molecule has 0 bridgehead atoms. The first-order valence-electron chi connectivity index (χ1n) is 11.9. The first-order valence-corrected chi connectivity index (χ1v) is 8.37. The Morgan fingerprint density at radius 2 is 1.72 bits per heavy atom. The lowest BCUT2D eigenvalue weighted by atomic mass is 9.88. The van der Waals surface area contributed by atoms with Gasteiger partial charge < -0.3 is 0 Å². The van der Waals surface area contributed by atoms with Crippen LogP contribution in [0, 0.1) is 20.6 Å². The summed E-state index contributed by atoms with van der Waals surface area (Å²) in [6, 6.07) is 13.8. The lowest BCUT2D eigenvalue weighted by molar-refractivity contribution is -0.660. The van der Waals surface area contributed by atoms with Crippen LogP contribution in [-0.4, -0.2) is 0 Å². The molecule has 2 aromatic carbocycles. The number of benzene rings is 2. The molecule has 0 aliphatic heterocycles. The number of hydrogen-bond acceptors (Lipinski definition) is 0. The van der Waals surface area contributed by atoms with E-state index in [1.165, 1.54) is 6.07 Å². The van der Waals surface area contributed by atoms with E-state index in [2.05, 4.69) is 0 Å². The Hall–Kier alpha value is -2.41. The molecule has 1 nitrogen and oxygen atoms in total. The molecule has 3 aromatic rings. The molecular weight excluding hydrogens is 302 g/mol. The third-order valence-electron chi connectivity index (χ3n) is 4.66. The summed E-state index contributed by atoms with van der Waals surface area (Å²) in [6.45, 7) is 0.663. The standard InChI is InChI=1S/C24H28N/c1-16(2)20-13-14-25(6)23(15-20)22-12-11-18(4)24(19(22)5)21-10-8-7-9-17(21)3/h7-16H,1-6H3/q+1/i3D3,4D3,16D. The van der Waals surface area contributed by atoms with Gasteiger partial charge >= 0.3 is 0 Å². The quantitative estimate of drug-likeness (QED) is 0.524. The Balaban J connectivity index is 2.40. The van der Waals surface area contributed by atoms with E-state index in [9.17, 15) is 0 Å². The average Bonchev–Trinajstić information content (AvgIpc) is 2.66. The average molecular weight is 338 g/mol. The van der Waals surface area contributed by atoms with Gasteiger partial charge in [0.15, 0.2) is 6.20 Å². The molecule has 25 heavy (non-hydrogen) atoms. The molecular formula is C24H28N+. The zero-order valence-electron chi connectivity index (χ0n) is 22.1. The van der Waals surface area contributed by atoms with Crippen LogP contribution in [0.4, 0.5) is 0 Å². The van der Waals surface area contributed by atoms with Crippen LogP contribution in [0.5, 0.6) is 0 Å². The molecule has 0 aliphatic carbocycles. The minimum atomic E-state index is -2.41. The summed E-state index contributed by atoms with van der Waals surface area (Å²) in [5.41, 5.74) is 4.20. The Kier molecular flexibility index (Phi) is 2.89. The first kappa shape index (κ1) is 10.6. The zero-order valence-corrected chi connectivity index (χ0v) is 15.1. The molecule has 0 saturated carbocycles. The van der Waals surface area contributed by atoms with Gasteiger partial charge in [-0.15, -0.1) is 0 Å². The van der Waals surface area contributed by atoms with Crippen molar-refractivity contribution < 1.29 is 14.2 Å². The number of aromatic nitrogens is 1. The molecule has 0 radical (unpaired) electrons. The van der Waals surface area contributed by atoms with E-state index in [1.54, 1.807) is 30.3 Å². The molecule has 0 amide bonds. The first-order chi connectivity index (χ1) is 14.6. The highest BCUT2D eigenvalue weighted by Gasteiger charge is 2.18. The van der Waals surface area contributed by atoms with Crippen LogP contribution in [0.1, 0.15) is 51.6 Å². The maximum Gasteiger partial charge on any atom is 0.212 e. The lowest BCUT2D eigenvalue weighted by Gasteiger charge is -2.16. The van der Waals surface area contributed by atoms with Gasteiger partial charge in [0, 0.05) is 27.3 Å². The molecule has 0 fully saturated rings. The highest BCUT2D eigenvalue weighted by molar-refractivity contribution is 5.80. The van der Waals surface area contributed by atoms with E-state index in [1.807, 2.05) is 50.7 Å². The summed E-state index contributed by atoms with van der Waals surface area (Å²) in [5, 5.41) is 0. The van der Waals surface area contributed by atoms with Gasteiger partial charge in [0.05, 0.1) is 0 Å². The van der Waals surface area contributed by atoms with Crippen molar-refractivity contribution in [2.24, 2.45) is 7.05 Å². The molecule has 1 heterocycles. The van der Waals surface area contributed by atoms with Crippen molar-refractivity contribution >= 4 is 0 Å². The summed E-state index contributed by atoms with van der Waals surface area (Å²) in [7, 11) is 1.89. The van der Waals surface area contributed by atoms with Gasteiger partial charge in [-0.25, -0.2) is 4.57 Å². The van der Waals surface area contributed by atoms with Gasteiger partial charge in [-0.3, -0.25) is 0 Å². The minimum Gasteiger partial charge on any atom is -0.201 e. The second-order valence-electron chi connectivity index (χ2n) is 6.62. The van der Waals surface area contributed by atoms with Gasteiger partial charge in [0.25, 0.3) is 0 Å². The smallest absolute Gasteiger partial charge is 0.201 e. The third kappa shape index (κ3) is 3.24. The molecule has 1 heteroatoms. The molecule has 0 unspecified atom stereocenters. The second-order valence-corrected chi connectivity index (χ2v) is 6.62. The van der Waals surface area contributed by atoms with E-state index >= 15 is 0 Å². The number of hydrogen-bond donors (Lipinski definition) is 0. The summed E-state index contributed by atoms with van der Waals surface area (Å²) >= 11 is 0. The van der Waals surface area contributed by atoms with E-state index in [4.69, 9.17) is 9.60 Å². The molecule has 0 spiro atoms. The molecule has 0 aliphatic rings. The maximum absolute atomic E-state index is 8.40. The number of aryl methyl sites for hydroxylation is 3. The van der Waals surface area contributed by atoms with Gasteiger partial charge in [-0.1, -0.05) is 44.2 Å². The summed E-state index contributed by atoms with van der Waals surface area (Å²) in [4.78, 5) is 0. The van der Waals surface area contributed by atoms with Crippen molar-refractivity contribution in [1.29, 1.82) is 0 Å². The van der Waals surface area contributed by atoms with E-state index in [0.717, 1.165) is 16.8 Å². The SMILES string of the molecule is [2H]C([2H])([2H])c1ccccc1-c1c(C([2H])([2H])[2H])ccc(-c2cc(C([2H])(C)C)cc[n+]2C)c1C. The lowest BCUT2D eigenvalue weighted by Crippen LogP contribution is -2.31.